The lowest BCUT2D eigenvalue weighted by Gasteiger charge is -2.24. The van der Waals surface area contributed by atoms with Crippen LogP contribution in [0.2, 0.25) is 5.02 Å². The molecule has 1 saturated carbocycles. The van der Waals surface area contributed by atoms with Crippen LogP contribution in [0.4, 0.5) is 0 Å². The van der Waals surface area contributed by atoms with Crippen LogP contribution in [-0.4, -0.2) is 28.1 Å². The van der Waals surface area contributed by atoms with Gasteiger partial charge in [0, 0.05) is 16.6 Å². The highest BCUT2D eigenvalue weighted by molar-refractivity contribution is 6.30. The molecular weight excluding hydrogens is 375 g/mol. The second-order valence-electron chi connectivity index (χ2n) is 6.85. The van der Waals surface area contributed by atoms with Gasteiger partial charge in [0.1, 0.15) is 0 Å². The fourth-order valence-corrected chi connectivity index (χ4v) is 4.07. The van der Waals surface area contributed by atoms with E-state index < -0.39 is 0 Å². The zero-order valence-electron chi connectivity index (χ0n) is 14.3. The first kappa shape index (κ1) is 19.1. The molecular formula is C18H22Cl2N4O2. The molecule has 1 aromatic carbocycles. The molecule has 0 radical (unpaired) electrons. The van der Waals surface area contributed by atoms with Crippen molar-refractivity contribution in [2.75, 3.05) is 0 Å². The third-order valence-corrected chi connectivity index (χ3v) is 5.38. The van der Waals surface area contributed by atoms with Crippen molar-refractivity contribution in [3.8, 4) is 11.4 Å². The molecule has 1 aromatic heterocycles. The fourth-order valence-electron chi connectivity index (χ4n) is 3.88. The van der Waals surface area contributed by atoms with Gasteiger partial charge in [0.25, 0.3) is 0 Å². The van der Waals surface area contributed by atoms with E-state index >= 15 is 0 Å². The smallest absolute Gasteiger partial charge is 0.246 e. The minimum atomic E-state index is -0.108. The number of aromatic nitrogens is 2. The first-order valence-corrected chi connectivity index (χ1v) is 9.19. The number of amides is 1. The number of halogens is 2. The molecule has 1 amide bonds. The Bertz CT molecular complexity index is 753. The number of rotatable bonds is 4. The Morgan fingerprint density at radius 1 is 1.35 bits per heavy atom. The van der Waals surface area contributed by atoms with E-state index in [2.05, 4.69) is 20.8 Å². The van der Waals surface area contributed by atoms with Crippen LogP contribution in [0.1, 0.15) is 38.0 Å². The Labute approximate surface area is 163 Å². The molecule has 1 aliphatic carbocycles. The van der Waals surface area contributed by atoms with Crippen LogP contribution in [0.3, 0.4) is 0 Å². The van der Waals surface area contributed by atoms with E-state index in [4.69, 9.17) is 16.1 Å². The number of benzene rings is 1. The van der Waals surface area contributed by atoms with E-state index in [1.807, 2.05) is 12.1 Å². The Morgan fingerprint density at radius 2 is 2.19 bits per heavy atom. The lowest BCUT2D eigenvalue weighted by Crippen LogP contribution is -2.42. The summed E-state index contributed by atoms with van der Waals surface area (Å²) in [6, 6.07) is 7.66. The minimum absolute atomic E-state index is 0. The summed E-state index contributed by atoms with van der Waals surface area (Å²) in [6.45, 7) is 0.236. The predicted molar refractivity (Wildman–Crippen MR) is 101 cm³/mol. The van der Waals surface area contributed by atoms with Gasteiger partial charge < -0.3 is 15.2 Å². The molecule has 3 atom stereocenters. The largest absolute Gasteiger partial charge is 0.346 e. The first-order valence-electron chi connectivity index (χ1n) is 8.81. The standard InChI is InChI=1S/C18H21ClN4O2.ClH/c19-13-6-3-5-12(8-13)17-22-16(25-23-17)10-20-18(24)15-9-11-4-1-2-7-14(11)21-15;/h3,5-6,8,11,14-15,21H,1-2,4,7,9-10H2,(H,20,24);1H. The highest BCUT2D eigenvalue weighted by Gasteiger charge is 2.38. The van der Waals surface area contributed by atoms with Gasteiger partial charge in [0.2, 0.25) is 17.6 Å². The lowest BCUT2D eigenvalue weighted by atomic mass is 9.85. The minimum Gasteiger partial charge on any atom is -0.346 e. The van der Waals surface area contributed by atoms with Crippen molar-refractivity contribution in [3.63, 3.8) is 0 Å². The number of nitrogens with one attached hydrogen (secondary N) is 2. The van der Waals surface area contributed by atoms with Crippen molar-refractivity contribution in [1.29, 1.82) is 0 Å². The maximum atomic E-state index is 12.4. The summed E-state index contributed by atoms with van der Waals surface area (Å²) in [5, 5.41) is 10.9. The molecule has 2 N–H and O–H groups in total. The molecule has 0 spiro atoms. The molecule has 1 saturated heterocycles. The summed E-state index contributed by atoms with van der Waals surface area (Å²) in [5.41, 5.74) is 0.787. The first-order chi connectivity index (χ1) is 12.2. The predicted octanol–water partition coefficient (Wildman–Crippen LogP) is 3.35. The molecule has 1 aliphatic heterocycles. The molecule has 140 valence electrons. The summed E-state index contributed by atoms with van der Waals surface area (Å²) in [4.78, 5) is 16.7. The van der Waals surface area contributed by atoms with Crippen LogP contribution in [0, 0.1) is 5.92 Å². The molecule has 0 bridgehead atoms. The molecule has 2 fully saturated rings. The van der Waals surface area contributed by atoms with E-state index in [0.717, 1.165) is 12.0 Å². The van der Waals surface area contributed by atoms with Crippen LogP contribution in [0.5, 0.6) is 0 Å². The fraction of sp³-hybridized carbons (Fsp3) is 0.500. The summed E-state index contributed by atoms with van der Waals surface area (Å²) in [5.74, 6) is 1.51. The Balaban J connectivity index is 0.00000196. The quantitative estimate of drug-likeness (QED) is 0.827. The van der Waals surface area contributed by atoms with Crippen molar-refractivity contribution in [3.05, 3.63) is 35.2 Å². The van der Waals surface area contributed by atoms with Gasteiger partial charge >= 0.3 is 0 Å². The van der Waals surface area contributed by atoms with Crippen molar-refractivity contribution >= 4 is 29.9 Å². The summed E-state index contributed by atoms with van der Waals surface area (Å²) < 4.78 is 5.23. The van der Waals surface area contributed by atoms with Crippen molar-refractivity contribution in [1.82, 2.24) is 20.8 Å². The number of hydrogen-bond donors (Lipinski definition) is 2. The third kappa shape index (κ3) is 4.19. The maximum Gasteiger partial charge on any atom is 0.246 e. The van der Waals surface area contributed by atoms with Gasteiger partial charge in [-0.2, -0.15) is 4.98 Å². The van der Waals surface area contributed by atoms with Gasteiger partial charge in [-0.15, -0.1) is 12.4 Å². The monoisotopic (exact) mass is 396 g/mol. The molecule has 6 nitrogen and oxygen atoms in total. The Kier molecular flexibility index (Phi) is 6.16. The molecule has 2 aromatic rings. The number of hydrogen-bond acceptors (Lipinski definition) is 5. The van der Waals surface area contributed by atoms with Gasteiger partial charge in [-0.1, -0.05) is 41.7 Å². The Morgan fingerprint density at radius 3 is 3.00 bits per heavy atom. The molecule has 3 unspecified atom stereocenters. The normalized spacial score (nSPS) is 24.6. The van der Waals surface area contributed by atoms with Gasteiger partial charge in [0.05, 0.1) is 12.6 Å². The maximum absolute atomic E-state index is 12.4. The topological polar surface area (TPSA) is 80.1 Å². The van der Waals surface area contributed by atoms with Gasteiger partial charge in [0.15, 0.2) is 0 Å². The average molecular weight is 397 g/mol. The molecule has 26 heavy (non-hydrogen) atoms. The van der Waals surface area contributed by atoms with E-state index in [1.54, 1.807) is 12.1 Å². The highest BCUT2D eigenvalue weighted by atomic mass is 35.5. The molecule has 8 heteroatoms. The Hall–Kier alpha value is -1.63. The third-order valence-electron chi connectivity index (χ3n) is 5.14. The highest BCUT2D eigenvalue weighted by Crippen LogP contribution is 2.33. The zero-order chi connectivity index (χ0) is 17.2. The number of carbonyl (C=O) groups is 1. The lowest BCUT2D eigenvalue weighted by molar-refractivity contribution is -0.123. The van der Waals surface area contributed by atoms with Crippen LogP contribution in [0.25, 0.3) is 11.4 Å². The van der Waals surface area contributed by atoms with E-state index in [-0.39, 0.29) is 30.9 Å². The van der Waals surface area contributed by atoms with Gasteiger partial charge in [-0.05, 0) is 37.3 Å². The number of nitrogens with zero attached hydrogens (tertiary/aromatic N) is 2. The van der Waals surface area contributed by atoms with E-state index in [9.17, 15) is 4.79 Å². The molecule has 4 rings (SSSR count). The van der Waals surface area contributed by atoms with Crippen LogP contribution in [-0.2, 0) is 11.3 Å². The summed E-state index contributed by atoms with van der Waals surface area (Å²) in [7, 11) is 0. The van der Waals surface area contributed by atoms with Crippen LogP contribution >= 0.6 is 24.0 Å². The molecule has 2 aliphatic rings. The van der Waals surface area contributed by atoms with Gasteiger partial charge in [-0.3, -0.25) is 4.79 Å². The van der Waals surface area contributed by atoms with Crippen LogP contribution in [0.15, 0.2) is 28.8 Å². The average Bonchev–Trinajstić information content (AvgIpc) is 3.26. The van der Waals surface area contributed by atoms with Crippen molar-refractivity contribution in [2.24, 2.45) is 5.92 Å². The number of carbonyl (C=O) groups excluding carboxylic acids is 1. The van der Waals surface area contributed by atoms with Gasteiger partial charge in [-0.25, -0.2) is 0 Å². The number of fused-ring (bicyclic) bond motifs is 1. The van der Waals surface area contributed by atoms with E-state index in [0.29, 0.717) is 28.7 Å². The van der Waals surface area contributed by atoms with Crippen molar-refractivity contribution < 1.29 is 9.32 Å². The summed E-state index contributed by atoms with van der Waals surface area (Å²) >= 11 is 5.98. The zero-order valence-corrected chi connectivity index (χ0v) is 15.9. The van der Waals surface area contributed by atoms with E-state index in [1.165, 1.54) is 25.7 Å². The second kappa shape index (κ2) is 8.37. The van der Waals surface area contributed by atoms with Crippen molar-refractivity contribution in [2.45, 2.75) is 50.7 Å². The van der Waals surface area contributed by atoms with Crippen LogP contribution < -0.4 is 10.6 Å². The molecule has 2 heterocycles. The SMILES string of the molecule is Cl.O=C(NCc1nc(-c2cccc(Cl)c2)no1)C1CC2CCCCC2N1. The summed E-state index contributed by atoms with van der Waals surface area (Å²) in [6.07, 6.45) is 5.88. The second-order valence-corrected chi connectivity index (χ2v) is 7.28.